The van der Waals surface area contributed by atoms with Gasteiger partial charge in [-0.05, 0) is 17.6 Å². The van der Waals surface area contributed by atoms with Crippen LogP contribution in [0.3, 0.4) is 0 Å². The highest BCUT2D eigenvalue weighted by Crippen LogP contribution is 2.58. The van der Waals surface area contributed by atoms with Crippen molar-refractivity contribution in [1.29, 1.82) is 0 Å². The van der Waals surface area contributed by atoms with Crippen LogP contribution in [-0.2, 0) is 9.59 Å². The van der Waals surface area contributed by atoms with Gasteiger partial charge >= 0.3 is 5.97 Å². The first-order valence-electron chi connectivity index (χ1n) is 5.55. The van der Waals surface area contributed by atoms with Crippen molar-refractivity contribution in [3.05, 3.63) is 0 Å². The van der Waals surface area contributed by atoms with E-state index in [-0.39, 0.29) is 23.3 Å². The maximum Gasteiger partial charge on any atom is 0.307 e. The van der Waals surface area contributed by atoms with E-state index in [1.807, 2.05) is 25.6 Å². The topological polar surface area (TPSA) is 66.4 Å². The highest BCUT2D eigenvalue weighted by atomic mass is 32.2. The molecule has 2 N–H and O–H groups in total. The molecule has 0 radical (unpaired) electrons. The molecule has 0 aromatic heterocycles. The summed E-state index contributed by atoms with van der Waals surface area (Å²) < 4.78 is 0. The van der Waals surface area contributed by atoms with Gasteiger partial charge in [-0.25, -0.2) is 0 Å². The van der Waals surface area contributed by atoms with Crippen molar-refractivity contribution in [2.75, 3.05) is 11.5 Å². The summed E-state index contributed by atoms with van der Waals surface area (Å²) in [5.41, 5.74) is -0.387. The molecule has 2 rings (SSSR count). The van der Waals surface area contributed by atoms with Crippen molar-refractivity contribution in [2.24, 2.45) is 17.3 Å². The normalized spacial score (nSPS) is 35.8. The van der Waals surface area contributed by atoms with Crippen molar-refractivity contribution < 1.29 is 14.7 Å². The average molecular weight is 243 g/mol. The minimum Gasteiger partial charge on any atom is -0.481 e. The summed E-state index contributed by atoms with van der Waals surface area (Å²) >= 11 is 1.83. The van der Waals surface area contributed by atoms with E-state index >= 15 is 0 Å². The Bertz CT molecular complexity index is 323. The van der Waals surface area contributed by atoms with Crippen LogP contribution >= 0.6 is 11.8 Å². The van der Waals surface area contributed by atoms with Crippen LogP contribution in [0.1, 0.15) is 20.3 Å². The van der Waals surface area contributed by atoms with Gasteiger partial charge in [0.15, 0.2) is 0 Å². The first kappa shape index (κ1) is 11.8. The molecular weight excluding hydrogens is 226 g/mol. The number of hydrogen-bond acceptors (Lipinski definition) is 3. The van der Waals surface area contributed by atoms with Crippen LogP contribution in [0.15, 0.2) is 0 Å². The molecule has 0 bridgehead atoms. The van der Waals surface area contributed by atoms with Gasteiger partial charge in [0.25, 0.3) is 0 Å². The SMILES string of the molecule is CC1(C)C(C(=O)O)C1C(=O)NC1CCSC1. The highest BCUT2D eigenvalue weighted by Gasteiger charge is 2.65. The monoisotopic (exact) mass is 243 g/mol. The Morgan fingerprint density at radius 1 is 1.38 bits per heavy atom. The Morgan fingerprint density at radius 3 is 2.50 bits per heavy atom. The van der Waals surface area contributed by atoms with Gasteiger partial charge in [0.05, 0.1) is 11.8 Å². The zero-order valence-corrected chi connectivity index (χ0v) is 10.3. The summed E-state index contributed by atoms with van der Waals surface area (Å²) in [4.78, 5) is 22.9. The molecule has 3 atom stereocenters. The number of hydrogen-bond donors (Lipinski definition) is 2. The van der Waals surface area contributed by atoms with E-state index in [9.17, 15) is 9.59 Å². The van der Waals surface area contributed by atoms with E-state index in [1.165, 1.54) is 0 Å². The lowest BCUT2D eigenvalue weighted by molar-refractivity contribution is -0.140. The quantitative estimate of drug-likeness (QED) is 0.775. The van der Waals surface area contributed by atoms with E-state index in [2.05, 4.69) is 5.32 Å². The number of thioether (sulfide) groups is 1. The van der Waals surface area contributed by atoms with Gasteiger partial charge in [-0.3, -0.25) is 9.59 Å². The molecule has 5 heteroatoms. The van der Waals surface area contributed by atoms with E-state index in [4.69, 9.17) is 5.11 Å². The van der Waals surface area contributed by atoms with Gasteiger partial charge in [0.1, 0.15) is 0 Å². The second kappa shape index (κ2) is 3.95. The van der Waals surface area contributed by atoms with Gasteiger partial charge in [0, 0.05) is 11.8 Å². The Kier molecular flexibility index (Phi) is 2.90. The molecule has 1 aliphatic carbocycles. The predicted octanol–water partition coefficient (Wildman–Crippen LogP) is 0.965. The van der Waals surface area contributed by atoms with Crippen LogP contribution in [0.5, 0.6) is 0 Å². The van der Waals surface area contributed by atoms with Crippen molar-refractivity contribution in [3.8, 4) is 0 Å². The largest absolute Gasteiger partial charge is 0.481 e. The number of carboxylic acid groups (broad SMARTS) is 1. The summed E-state index contributed by atoms with van der Waals surface area (Å²) in [6.45, 7) is 3.69. The zero-order chi connectivity index (χ0) is 11.9. The van der Waals surface area contributed by atoms with Crippen LogP contribution in [0.2, 0.25) is 0 Å². The smallest absolute Gasteiger partial charge is 0.307 e. The lowest BCUT2D eigenvalue weighted by Gasteiger charge is -2.11. The third kappa shape index (κ3) is 1.93. The molecule has 4 nitrogen and oxygen atoms in total. The number of nitrogens with one attached hydrogen (secondary N) is 1. The molecule has 0 aromatic rings. The number of carbonyl (C=O) groups excluding carboxylic acids is 1. The second-order valence-electron chi connectivity index (χ2n) is 5.18. The van der Waals surface area contributed by atoms with E-state index < -0.39 is 11.9 Å². The van der Waals surface area contributed by atoms with Crippen molar-refractivity contribution in [3.63, 3.8) is 0 Å². The second-order valence-corrected chi connectivity index (χ2v) is 6.33. The standard InChI is InChI=1S/C11H17NO3S/c1-11(2)7(8(11)10(14)15)9(13)12-6-3-4-16-5-6/h6-8H,3-5H2,1-2H3,(H,12,13)(H,14,15). The molecule has 0 aromatic carbocycles. The van der Waals surface area contributed by atoms with Crippen LogP contribution < -0.4 is 5.32 Å². The summed E-state index contributed by atoms with van der Waals surface area (Å²) in [6, 6.07) is 0.239. The molecule has 1 saturated carbocycles. The summed E-state index contributed by atoms with van der Waals surface area (Å²) in [5, 5.41) is 11.9. The molecule has 0 spiro atoms. The minimum atomic E-state index is -0.856. The van der Waals surface area contributed by atoms with E-state index in [1.54, 1.807) is 0 Å². The van der Waals surface area contributed by atoms with Crippen molar-refractivity contribution >= 4 is 23.6 Å². The molecule has 1 heterocycles. The Labute approximate surface area is 99.2 Å². The fraction of sp³-hybridized carbons (Fsp3) is 0.818. The van der Waals surface area contributed by atoms with Crippen LogP contribution in [-0.4, -0.2) is 34.5 Å². The van der Waals surface area contributed by atoms with Gasteiger partial charge in [-0.2, -0.15) is 11.8 Å². The highest BCUT2D eigenvalue weighted by molar-refractivity contribution is 7.99. The fourth-order valence-corrected chi connectivity index (χ4v) is 3.68. The lowest BCUT2D eigenvalue weighted by Crippen LogP contribution is -2.36. The van der Waals surface area contributed by atoms with Crippen LogP contribution in [0, 0.1) is 17.3 Å². The van der Waals surface area contributed by atoms with Gasteiger partial charge in [-0.15, -0.1) is 0 Å². The maximum absolute atomic E-state index is 11.9. The number of carboxylic acids is 1. The number of amides is 1. The first-order chi connectivity index (χ1) is 7.44. The molecule has 1 amide bonds. The summed E-state index contributed by atoms with van der Waals surface area (Å²) in [7, 11) is 0. The van der Waals surface area contributed by atoms with E-state index in [0.29, 0.717) is 0 Å². The average Bonchev–Trinajstić information content (AvgIpc) is 2.58. The zero-order valence-electron chi connectivity index (χ0n) is 9.53. The Hall–Kier alpha value is -0.710. The maximum atomic E-state index is 11.9. The molecule has 16 heavy (non-hydrogen) atoms. The summed E-state index contributed by atoms with van der Waals surface area (Å²) in [5.74, 6) is 0.242. The fourth-order valence-electron chi connectivity index (χ4n) is 2.53. The molecule has 2 fully saturated rings. The minimum absolute atomic E-state index is 0.0788. The molecule has 90 valence electrons. The molecule has 1 saturated heterocycles. The Morgan fingerprint density at radius 2 is 2.06 bits per heavy atom. The predicted molar refractivity (Wildman–Crippen MR) is 62.3 cm³/mol. The van der Waals surface area contributed by atoms with Gasteiger partial charge < -0.3 is 10.4 Å². The van der Waals surface area contributed by atoms with Crippen molar-refractivity contribution in [2.45, 2.75) is 26.3 Å². The van der Waals surface area contributed by atoms with Gasteiger partial charge in [-0.1, -0.05) is 13.8 Å². The van der Waals surface area contributed by atoms with E-state index in [0.717, 1.165) is 17.9 Å². The lowest BCUT2D eigenvalue weighted by atomic mass is 10.1. The third-order valence-corrected chi connectivity index (χ3v) is 4.81. The number of rotatable bonds is 3. The molecule has 3 unspecified atom stereocenters. The number of aliphatic carboxylic acids is 1. The molecular formula is C11H17NO3S. The van der Waals surface area contributed by atoms with Crippen molar-refractivity contribution in [1.82, 2.24) is 5.32 Å². The van der Waals surface area contributed by atoms with Crippen LogP contribution in [0.25, 0.3) is 0 Å². The molecule has 1 aliphatic heterocycles. The summed E-state index contributed by atoms with van der Waals surface area (Å²) in [6.07, 6.45) is 1.00. The third-order valence-electron chi connectivity index (χ3n) is 3.65. The Balaban J connectivity index is 1.93. The van der Waals surface area contributed by atoms with Gasteiger partial charge in [0.2, 0.25) is 5.91 Å². The first-order valence-corrected chi connectivity index (χ1v) is 6.71. The van der Waals surface area contributed by atoms with Crippen LogP contribution in [0.4, 0.5) is 0 Å². The number of carbonyl (C=O) groups is 2. The molecule has 2 aliphatic rings.